The summed E-state index contributed by atoms with van der Waals surface area (Å²) in [5.41, 5.74) is -0.502. The number of carbonyl (C=O) groups excluding carboxylic acids is 1. The fraction of sp³-hybridized carbons (Fsp3) is 0.933. The van der Waals surface area contributed by atoms with Gasteiger partial charge in [0.15, 0.2) is 0 Å². The molecule has 0 spiro atoms. The van der Waals surface area contributed by atoms with E-state index in [1.165, 1.54) is 11.8 Å². The van der Waals surface area contributed by atoms with Crippen LogP contribution in [-0.4, -0.2) is 46.9 Å². The molecule has 0 N–H and O–H groups in total. The molecule has 0 radical (unpaired) electrons. The van der Waals surface area contributed by atoms with Gasteiger partial charge in [-0.25, -0.2) is 4.79 Å². The Bertz CT molecular complexity index is 356. The molecule has 1 aliphatic heterocycles. The number of likely N-dealkylation sites (tertiary alicyclic amines) is 1. The summed E-state index contributed by atoms with van der Waals surface area (Å²) in [4.78, 5) is 13.9. The largest absolute Gasteiger partial charge is 0.444 e. The van der Waals surface area contributed by atoms with Gasteiger partial charge in [0.2, 0.25) is 0 Å². The Morgan fingerprint density at radius 3 is 2.55 bits per heavy atom. The molecule has 0 saturated carbocycles. The van der Waals surface area contributed by atoms with Crippen molar-refractivity contribution < 1.29 is 22.7 Å². The first-order valence-electron chi connectivity index (χ1n) is 7.72. The van der Waals surface area contributed by atoms with Crippen molar-refractivity contribution in [1.29, 1.82) is 0 Å². The van der Waals surface area contributed by atoms with Gasteiger partial charge in [-0.1, -0.05) is 0 Å². The normalized spacial score (nSPS) is 19.5. The first-order valence-corrected chi connectivity index (χ1v) is 8.88. The number of hydrogen-bond donors (Lipinski definition) is 0. The van der Waals surface area contributed by atoms with Gasteiger partial charge >= 0.3 is 12.3 Å². The lowest BCUT2D eigenvalue weighted by Gasteiger charge is -2.28. The molecule has 1 aliphatic rings. The molecule has 1 atom stereocenters. The van der Waals surface area contributed by atoms with Gasteiger partial charge in [0, 0.05) is 18.3 Å². The number of rotatable bonds is 6. The highest BCUT2D eigenvalue weighted by atomic mass is 32.2. The van der Waals surface area contributed by atoms with Gasteiger partial charge in [-0.3, -0.25) is 0 Å². The number of nitrogens with zero attached hydrogens (tertiary/aromatic N) is 1. The zero-order chi connectivity index (χ0) is 16.8. The molecule has 0 aliphatic carbocycles. The minimum absolute atomic E-state index is 0.115. The first kappa shape index (κ1) is 19.5. The minimum atomic E-state index is -4.06. The van der Waals surface area contributed by atoms with Crippen molar-refractivity contribution in [2.45, 2.75) is 70.7 Å². The summed E-state index contributed by atoms with van der Waals surface area (Å²) < 4.78 is 41.4. The van der Waals surface area contributed by atoms with Crippen LogP contribution in [-0.2, 0) is 4.74 Å². The van der Waals surface area contributed by atoms with Gasteiger partial charge in [0.1, 0.15) is 5.60 Å². The van der Waals surface area contributed by atoms with Crippen molar-refractivity contribution in [1.82, 2.24) is 4.90 Å². The molecular formula is C15H26F3NO2S. The van der Waals surface area contributed by atoms with Gasteiger partial charge in [0.05, 0.1) is 6.42 Å². The highest BCUT2D eigenvalue weighted by molar-refractivity contribution is 7.99. The van der Waals surface area contributed by atoms with Crippen LogP contribution in [0, 0.1) is 0 Å². The lowest BCUT2D eigenvalue weighted by Crippen LogP contribution is -2.39. The number of alkyl halides is 3. The van der Waals surface area contributed by atoms with Gasteiger partial charge in [-0.15, -0.1) is 0 Å². The van der Waals surface area contributed by atoms with E-state index in [2.05, 4.69) is 0 Å². The Kier molecular flexibility index (Phi) is 7.35. The summed E-state index contributed by atoms with van der Waals surface area (Å²) in [6.07, 6.45) is -1.50. The van der Waals surface area contributed by atoms with Gasteiger partial charge < -0.3 is 9.64 Å². The van der Waals surface area contributed by atoms with Gasteiger partial charge in [-0.2, -0.15) is 24.9 Å². The number of thioether (sulfide) groups is 1. The Morgan fingerprint density at radius 1 is 1.27 bits per heavy atom. The molecule has 130 valence electrons. The zero-order valence-corrected chi connectivity index (χ0v) is 14.4. The Hall–Kier alpha value is -0.590. The molecule has 1 unspecified atom stereocenters. The van der Waals surface area contributed by atoms with Crippen LogP contribution < -0.4 is 0 Å². The van der Waals surface area contributed by atoms with Crippen LogP contribution in [0.3, 0.4) is 0 Å². The quantitative estimate of drug-likeness (QED) is 0.647. The molecular weight excluding hydrogens is 315 g/mol. The maximum Gasteiger partial charge on any atom is 0.410 e. The molecule has 0 aromatic rings. The second-order valence-electron chi connectivity index (χ2n) is 6.59. The smallest absolute Gasteiger partial charge is 0.410 e. The third-order valence-corrected chi connectivity index (χ3v) is 4.43. The van der Waals surface area contributed by atoms with Gasteiger partial charge in [-0.05, 0) is 52.2 Å². The third-order valence-electron chi connectivity index (χ3n) is 3.36. The summed E-state index contributed by atoms with van der Waals surface area (Å²) in [7, 11) is 0. The van der Waals surface area contributed by atoms with Crippen molar-refractivity contribution in [3.05, 3.63) is 0 Å². The van der Waals surface area contributed by atoms with E-state index in [0.717, 1.165) is 25.7 Å². The maximum absolute atomic E-state index is 12.1. The van der Waals surface area contributed by atoms with Crippen molar-refractivity contribution >= 4 is 17.9 Å². The molecule has 7 heteroatoms. The van der Waals surface area contributed by atoms with Gasteiger partial charge in [0.25, 0.3) is 0 Å². The molecule has 1 rings (SSSR count). The van der Waals surface area contributed by atoms with E-state index in [0.29, 0.717) is 12.3 Å². The second kappa shape index (κ2) is 8.31. The van der Waals surface area contributed by atoms with Crippen LogP contribution in [0.1, 0.15) is 52.9 Å². The lowest BCUT2D eigenvalue weighted by molar-refractivity contribution is -0.129. The second-order valence-corrected chi connectivity index (χ2v) is 7.81. The fourth-order valence-electron chi connectivity index (χ4n) is 2.41. The van der Waals surface area contributed by atoms with Crippen LogP contribution in [0.15, 0.2) is 0 Å². The molecule has 0 bridgehead atoms. The average Bonchev–Trinajstić information content (AvgIpc) is 2.78. The predicted octanol–water partition coefficient (Wildman–Crippen LogP) is 4.85. The minimum Gasteiger partial charge on any atom is -0.444 e. The number of carbonyl (C=O) groups is 1. The lowest BCUT2D eigenvalue weighted by atomic mass is 10.1. The Balaban J connectivity index is 2.23. The number of hydrogen-bond acceptors (Lipinski definition) is 3. The first-order chi connectivity index (χ1) is 10.1. The Labute approximate surface area is 134 Å². The summed E-state index contributed by atoms with van der Waals surface area (Å²) in [5, 5.41) is 0. The molecule has 22 heavy (non-hydrogen) atoms. The van der Waals surface area contributed by atoms with E-state index in [9.17, 15) is 18.0 Å². The summed E-state index contributed by atoms with van der Waals surface area (Å²) >= 11 is 1.33. The molecule has 1 fully saturated rings. The number of halogens is 3. The van der Waals surface area contributed by atoms with Crippen LogP contribution in [0.4, 0.5) is 18.0 Å². The highest BCUT2D eigenvalue weighted by Gasteiger charge is 2.31. The summed E-state index contributed by atoms with van der Waals surface area (Å²) in [5.74, 6) is 0.818. The van der Waals surface area contributed by atoms with E-state index < -0.39 is 18.2 Å². The Morgan fingerprint density at radius 2 is 1.95 bits per heavy atom. The predicted molar refractivity (Wildman–Crippen MR) is 83.2 cm³/mol. The molecule has 3 nitrogen and oxygen atoms in total. The standard InChI is InChI=1S/C15H26F3NO2S/c1-14(2,3)21-13(20)19-9-4-6-12(19)7-5-10-22-11-8-15(16,17)18/h12H,4-11H2,1-3H3. The van der Waals surface area contributed by atoms with E-state index in [4.69, 9.17) is 4.74 Å². The van der Waals surface area contributed by atoms with Crippen molar-refractivity contribution in [2.24, 2.45) is 0 Å². The SMILES string of the molecule is CC(C)(C)OC(=O)N1CCCC1CCCSCCC(F)(F)F. The monoisotopic (exact) mass is 341 g/mol. The highest BCUT2D eigenvalue weighted by Crippen LogP contribution is 2.26. The topological polar surface area (TPSA) is 29.5 Å². The maximum atomic E-state index is 12.1. The molecule has 1 amide bonds. The number of amides is 1. The van der Waals surface area contributed by atoms with E-state index >= 15 is 0 Å². The molecule has 0 aromatic heterocycles. The van der Waals surface area contributed by atoms with Crippen molar-refractivity contribution in [3.63, 3.8) is 0 Å². The molecule has 1 saturated heterocycles. The average molecular weight is 341 g/mol. The fourth-order valence-corrected chi connectivity index (χ4v) is 3.36. The third kappa shape index (κ3) is 8.15. The van der Waals surface area contributed by atoms with Crippen LogP contribution in [0.25, 0.3) is 0 Å². The summed E-state index contributed by atoms with van der Waals surface area (Å²) in [6.45, 7) is 6.23. The molecule has 0 aromatic carbocycles. The zero-order valence-electron chi connectivity index (χ0n) is 13.5. The van der Waals surface area contributed by atoms with Crippen molar-refractivity contribution in [3.8, 4) is 0 Å². The molecule has 1 heterocycles. The van der Waals surface area contributed by atoms with Crippen LogP contribution in [0.2, 0.25) is 0 Å². The van der Waals surface area contributed by atoms with E-state index in [-0.39, 0.29) is 17.9 Å². The van der Waals surface area contributed by atoms with E-state index in [1.807, 2.05) is 20.8 Å². The number of ether oxygens (including phenoxy) is 1. The summed E-state index contributed by atoms with van der Waals surface area (Å²) in [6, 6.07) is 0.165. The van der Waals surface area contributed by atoms with Crippen molar-refractivity contribution in [2.75, 3.05) is 18.1 Å². The van der Waals surface area contributed by atoms with Crippen LogP contribution in [0.5, 0.6) is 0 Å². The van der Waals surface area contributed by atoms with Crippen LogP contribution >= 0.6 is 11.8 Å². The van der Waals surface area contributed by atoms with E-state index in [1.54, 1.807) is 4.90 Å².